The largest absolute Gasteiger partial charge is 0.311 e. The average molecular weight is 312 g/mol. The van der Waals surface area contributed by atoms with Crippen LogP contribution in [0.1, 0.15) is 37.1 Å². The molecule has 0 saturated heterocycles. The van der Waals surface area contributed by atoms with E-state index in [2.05, 4.69) is 44.5 Å². The molecule has 0 N–H and O–H groups in total. The lowest BCUT2D eigenvalue weighted by atomic mass is 10.1. The SMILES string of the molecule is CC(C)n1c(CBr)nnc1Cc1ccc(F)cc1. The molecule has 0 bridgehead atoms. The van der Waals surface area contributed by atoms with Crippen molar-refractivity contribution in [1.29, 1.82) is 0 Å². The summed E-state index contributed by atoms with van der Waals surface area (Å²) < 4.78 is 15.0. The van der Waals surface area contributed by atoms with Crippen LogP contribution in [0.5, 0.6) is 0 Å². The van der Waals surface area contributed by atoms with E-state index < -0.39 is 0 Å². The zero-order valence-electron chi connectivity index (χ0n) is 10.4. The topological polar surface area (TPSA) is 30.7 Å². The summed E-state index contributed by atoms with van der Waals surface area (Å²) in [7, 11) is 0. The minimum absolute atomic E-state index is 0.217. The van der Waals surface area contributed by atoms with Gasteiger partial charge in [-0.2, -0.15) is 0 Å². The summed E-state index contributed by atoms with van der Waals surface area (Å²) in [6.07, 6.45) is 0.665. The van der Waals surface area contributed by atoms with Crippen LogP contribution in [0.15, 0.2) is 24.3 Å². The van der Waals surface area contributed by atoms with Crippen LogP contribution in [-0.4, -0.2) is 14.8 Å². The van der Waals surface area contributed by atoms with E-state index in [4.69, 9.17) is 0 Å². The van der Waals surface area contributed by atoms with Crippen LogP contribution in [0.4, 0.5) is 4.39 Å². The fourth-order valence-electron chi connectivity index (χ4n) is 1.95. The number of hydrogen-bond donors (Lipinski definition) is 0. The maximum atomic E-state index is 12.9. The molecule has 0 fully saturated rings. The Labute approximate surface area is 114 Å². The van der Waals surface area contributed by atoms with Crippen molar-refractivity contribution in [2.24, 2.45) is 0 Å². The molecular weight excluding hydrogens is 297 g/mol. The Morgan fingerprint density at radius 1 is 1.17 bits per heavy atom. The normalized spacial score (nSPS) is 11.2. The highest BCUT2D eigenvalue weighted by atomic mass is 79.9. The third-order valence-electron chi connectivity index (χ3n) is 2.75. The van der Waals surface area contributed by atoms with Crippen LogP contribution >= 0.6 is 15.9 Å². The van der Waals surface area contributed by atoms with Gasteiger partial charge in [0.15, 0.2) is 0 Å². The average Bonchev–Trinajstić information content (AvgIpc) is 2.75. The van der Waals surface area contributed by atoms with Crippen LogP contribution in [-0.2, 0) is 11.8 Å². The molecule has 1 aromatic carbocycles. The Hall–Kier alpha value is -1.23. The van der Waals surface area contributed by atoms with E-state index in [0.717, 1.165) is 17.2 Å². The molecule has 3 nitrogen and oxygen atoms in total. The van der Waals surface area contributed by atoms with Gasteiger partial charge in [-0.25, -0.2) is 4.39 Å². The molecule has 1 aromatic heterocycles. The second-order valence-electron chi connectivity index (χ2n) is 4.43. The molecule has 2 rings (SSSR count). The Bertz CT molecular complexity index is 520. The highest BCUT2D eigenvalue weighted by Gasteiger charge is 2.14. The molecule has 0 atom stereocenters. The van der Waals surface area contributed by atoms with Crippen molar-refractivity contribution in [3.05, 3.63) is 47.3 Å². The zero-order chi connectivity index (χ0) is 13.1. The molecule has 0 saturated carbocycles. The lowest BCUT2D eigenvalue weighted by Gasteiger charge is -2.13. The van der Waals surface area contributed by atoms with Crippen molar-refractivity contribution < 1.29 is 4.39 Å². The first-order valence-electron chi connectivity index (χ1n) is 5.85. The second kappa shape index (κ2) is 5.61. The molecule has 0 aliphatic heterocycles. The number of halogens is 2. The van der Waals surface area contributed by atoms with Crippen LogP contribution in [0.3, 0.4) is 0 Å². The lowest BCUT2D eigenvalue weighted by Crippen LogP contribution is -2.09. The first kappa shape index (κ1) is 13.2. The summed E-state index contributed by atoms with van der Waals surface area (Å²) in [5.41, 5.74) is 1.03. The van der Waals surface area contributed by atoms with E-state index in [-0.39, 0.29) is 5.82 Å². The molecule has 18 heavy (non-hydrogen) atoms. The summed E-state index contributed by atoms with van der Waals surface area (Å²) in [4.78, 5) is 0. The van der Waals surface area contributed by atoms with Crippen molar-refractivity contribution in [3.8, 4) is 0 Å². The molecule has 96 valence electrons. The Morgan fingerprint density at radius 3 is 2.33 bits per heavy atom. The first-order chi connectivity index (χ1) is 8.61. The van der Waals surface area contributed by atoms with Crippen LogP contribution in [0.25, 0.3) is 0 Å². The number of nitrogens with zero attached hydrogens (tertiary/aromatic N) is 3. The van der Waals surface area contributed by atoms with Crippen LogP contribution in [0, 0.1) is 5.82 Å². The minimum Gasteiger partial charge on any atom is -0.311 e. The second-order valence-corrected chi connectivity index (χ2v) is 4.99. The van der Waals surface area contributed by atoms with E-state index in [0.29, 0.717) is 17.8 Å². The molecule has 0 spiro atoms. The first-order valence-corrected chi connectivity index (χ1v) is 6.97. The lowest BCUT2D eigenvalue weighted by molar-refractivity contribution is 0.558. The maximum Gasteiger partial charge on any atom is 0.143 e. The third kappa shape index (κ3) is 2.77. The van der Waals surface area contributed by atoms with Gasteiger partial charge in [-0.15, -0.1) is 10.2 Å². The van der Waals surface area contributed by atoms with Gasteiger partial charge in [0.25, 0.3) is 0 Å². The van der Waals surface area contributed by atoms with Crippen molar-refractivity contribution in [2.75, 3.05) is 0 Å². The molecule has 0 aliphatic carbocycles. The molecule has 1 heterocycles. The van der Waals surface area contributed by atoms with E-state index in [1.54, 1.807) is 12.1 Å². The van der Waals surface area contributed by atoms with Gasteiger partial charge in [-0.05, 0) is 31.5 Å². The number of alkyl halides is 1. The Balaban J connectivity index is 2.28. The summed E-state index contributed by atoms with van der Waals surface area (Å²) in [6.45, 7) is 4.20. The van der Waals surface area contributed by atoms with Gasteiger partial charge < -0.3 is 4.57 Å². The summed E-state index contributed by atoms with van der Waals surface area (Å²) in [5, 5.41) is 9.06. The maximum absolute atomic E-state index is 12.9. The highest BCUT2D eigenvalue weighted by Crippen LogP contribution is 2.17. The fourth-order valence-corrected chi connectivity index (χ4v) is 2.34. The van der Waals surface area contributed by atoms with E-state index in [1.165, 1.54) is 12.1 Å². The van der Waals surface area contributed by atoms with Gasteiger partial charge in [0, 0.05) is 12.5 Å². The standard InChI is InChI=1S/C13H15BrFN3/c1-9(2)18-12(16-17-13(18)8-14)7-10-3-5-11(15)6-4-10/h3-6,9H,7-8H2,1-2H3. The quantitative estimate of drug-likeness (QED) is 0.809. The molecule has 5 heteroatoms. The third-order valence-corrected chi connectivity index (χ3v) is 3.25. The van der Waals surface area contributed by atoms with E-state index in [9.17, 15) is 4.39 Å². The highest BCUT2D eigenvalue weighted by molar-refractivity contribution is 9.08. The van der Waals surface area contributed by atoms with Crippen molar-refractivity contribution in [3.63, 3.8) is 0 Å². The number of hydrogen-bond acceptors (Lipinski definition) is 2. The van der Waals surface area contributed by atoms with E-state index in [1.807, 2.05) is 0 Å². The van der Waals surface area contributed by atoms with Gasteiger partial charge in [0.1, 0.15) is 17.5 Å². The summed E-state index contributed by atoms with van der Waals surface area (Å²) in [5.74, 6) is 1.61. The van der Waals surface area contributed by atoms with Gasteiger partial charge in [0.05, 0.1) is 5.33 Å². The monoisotopic (exact) mass is 311 g/mol. The number of aromatic nitrogens is 3. The van der Waals surface area contributed by atoms with Crippen molar-refractivity contribution in [1.82, 2.24) is 14.8 Å². The number of benzene rings is 1. The van der Waals surface area contributed by atoms with Crippen molar-refractivity contribution >= 4 is 15.9 Å². The molecule has 0 aliphatic rings. The predicted molar refractivity (Wildman–Crippen MR) is 72.2 cm³/mol. The van der Waals surface area contributed by atoms with Gasteiger partial charge in [-0.3, -0.25) is 0 Å². The Morgan fingerprint density at radius 2 is 1.78 bits per heavy atom. The van der Waals surface area contributed by atoms with Crippen molar-refractivity contribution in [2.45, 2.75) is 31.6 Å². The van der Waals surface area contributed by atoms with Gasteiger partial charge >= 0.3 is 0 Å². The van der Waals surface area contributed by atoms with E-state index >= 15 is 0 Å². The smallest absolute Gasteiger partial charge is 0.143 e. The minimum atomic E-state index is -0.217. The molecular formula is C13H15BrFN3. The summed E-state index contributed by atoms with van der Waals surface area (Å²) >= 11 is 3.41. The van der Waals surface area contributed by atoms with Gasteiger partial charge in [0.2, 0.25) is 0 Å². The van der Waals surface area contributed by atoms with Crippen LogP contribution in [0.2, 0.25) is 0 Å². The molecule has 2 aromatic rings. The molecule has 0 unspecified atom stereocenters. The number of rotatable bonds is 4. The Kier molecular flexibility index (Phi) is 4.11. The molecule has 0 amide bonds. The van der Waals surface area contributed by atoms with Crippen LogP contribution < -0.4 is 0 Å². The molecule has 0 radical (unpaired) electrons. The fraction of sp³-hybridized carbons (Fsp3) is 0.385. The predicted octanol–water partition coefficient (Wildman–Crippen LogP) is 3.48. The zero-order valence-corrected chi connectivity index (χ0v) is 12.0. The summed E-state index contributed by atoms with van der Waals surface area (Å²) in [6, 6.07) is 6.81. The van der Waals surface area contributed by atoms with Gasteiger partial charge in [-0.1, -0.05) is 28.1 Å².